The Morgan fingerprint density at radius 1 is 1.48 bits per heavy atom. The molecule has 21 heavy (non-hydrogen) atoms. The Kier molecular flexibility index (Phi) is 4.06. The first-order valence-corrected chi connectivity index (χ1v) is 6.90. The van der Waals surface area contributed by atoms with Crippen LogP contribution in [0.4, 0.5) is 4.79 Å². The fourth-order valence-corrected chi connectivity index (χ4v) is 2.43. The van der Waals surface area contributed by atoms with Gasteiger partial charge in [0.1, 0.15) is 5.60 Å². The number of carbonyl (C=O) groups excluding carboxylic acids is 1. The van der Waals surface area contributed by atoms with E-state index >= 15 is 0 Å². The van der Waals surface area contributed by atoms with Crippen LogP contribution in [-0.4, -0.2) is 22.7 Å². The summed E-state index contributed by atoms with van der Waals surface area (Å²) in [7, 11) is 0. The van der Waals surface area contributed by atoms with Gasteiger partial charge in [0.15, 0.2) is 5.84 Å². The first-order chi connectivity index (χ1) is 9.80. The van der Waals surface area contributed by atoms with Crippen molar-refractivity contribution in [2.24, 2.45) is 10.9 Å². The van der Waals surface area contributed by atoms with Crippen LogP contribution in [-0.2, 0) is 11.2 Å². The summed E-state index contributed by atoms with van der Waals surface area (Å²) >= 11 is 0. The molecule has 6 nitrogen and oxygen atoms in total. The van der Waals surface area contributed by atoms with Crippen LogP contribution in [0.15, 0.2) is 23.4 Å². The molecule has 0 spiro atoms. The highest BCUT2D eigenvalue weighted by molar-refractivity contribution is 5.97. The number of nitrogens with two attached hydrogens (primary N) is 1. The number of rotatable bonds is 2. The number of amides is 1. The molecule has 4 N–H and O–H groups in total. The van der Waals surface area contributed by atoms with Gasteiger partial charge < -0.3 is 21.0 Å². The third kappa shape index (κ3) is 3.65. The highest BCUT2D eigenvalue weighted by Crippen LogP contribution is 2.32. The minimum absolute atomic E-state index is 0.0591. The normalized spacial score (nSPS) is 18.2. The number of nitrogens with one attached hydrogen (secondary N) is 1. The molecule has 0 saturated heterocycles. The van der Waals surface area contributed by atoms with Crippen molar-refractivity contribution in [3.8, 4) is 0 Å². The number of amidine groups is 1. The van der Waals surface area contributed by atoms with E-state index in [4.69, 9.17) is 15.7 Å². The number of nitrogens with zero attached hydrogens (tertiary/aromatic N) is 1. The van der Waals surface area contributed by atoms with E-state index in [1.165, 1.54) is 0 Å². The predicted molar refractivity (Wildman–Crippen MR) is 79.4 cm³/mol. The Morgan fingerprint density at radius 3 is 2.81 bits per heavy atom. The van der Waals surface area contributed by atoms with E-state index in [1.54, 1.807) is 6.07 Å². The third-order valence-corrected chi connectivity index (χ3v) is 3.32. The molecule has 0 unspecified atom stereocenters. The van der Waals surface area contributed by atoms with E-state index in [0.29, 0.717) is 5.56 Å². The number of carbonyl (C=O) groups is 1. The van der Waals surface area contributed by atoms with Crippen LogP contribution in [0.25, 0.3) is 0 Å². The Labute approximate surface area is 124 Å². The highest BCUT2D eigenvalue weighted by atomic mass is 16.6. The molecule has 1 amide bonds. The SMILES string of the molecule is CC(C)(C)OC(=O)N[C@H]1CCc2cc(/C(N)=N/O)ccc21. The second-order valence-corrected chi connectivity index (χ2v) is 6.14. The molecule has 0 aromatic heterocycles. The summed E-state index contributed by atoms with van der Waals surface area (Å²) in [5.74, 6) is 0.0846. The van der Waals surface area contributed by atoms with Gasteiger partial charge in [0.05, 0.1) is 6.04 Å². The van der Waals surface area contributed by atoms with E-state index in [9.17, 15) is 4.79 Å². The Balaban J connectivity index is 2.11. The lowest BCUT2D eigenvalue weighted by Crippen LogP contribution is -2.34. The van der Waals surface area contributed by atoms with Crippen molar-refractivity contribution in [2.45, 2.75) is 45.3 Å². The number of ether oxygens (including phenoxy) is 1. The zero-order valence-electron chi connectivity index (χ0n) is 12.5. The maximum absolute atomic E-state index is 11.8. The smallest absolute Gasteiger partial charge is 0.408 e. The Hall–Kier alpha value is -2.24. The lowest BCUT2D eigenvalue weighted by molar-refractivity contribution is 0.0503. The second-order valence-electron chi connectivity index (χ2n) is 6.14. The van der Waals surface area contributed by atoms with Gasteiger partial charge in [0.25, 0.3) is 0 Å². The Morgan fingerprint density at radius 2 is 2.19 bits per heavy atom. The highest BCUT2D eigenvalue weighted by Gasteiger charge is 2.26. The maximum Gasteiger partial charge on any atom is 0.408 e. The molecule has 0 saturated carbocycles. The lowest BCUT2D eigenvalue weighted by atomic mass is 10.0. The van der Waals surface area contributed by atoms with Gasteiger partial charge in [-0.3, -0.25) is 0 Å². The molecule has 0 radical (unpaired) electrons. The van der Waals surface area contributed by atoms with E-state index in [0.717, 1.165) is 24.0 Å². The van der Waals surface area contributed by atoms with Crippen molar-refractivity contribution in [1.29, 1.82) is 0 Å². The number of aryl methyl sites for hydroxylation is 1. The summed E-state index contributed by atoms with van der Waals surface area (Å²) in [6.07, 6.45) is 1.23. The molecule has 0 aliphatic heterocycles. The van der Waals surface area contributed by atoms with E-state index in [-0.39, 0.29) is 11.9 Å². The van der Waals surface area contributed by atoms with E-state index < -0.39 is 11.7 Å². The summed E-state index contributed by atoms with van der Waals surface area (Å²) in [4.78, 5) is 11.8. The van der Waals surface area contributed by atoms with Crippen molar-refractivity contribution in [3.05, 3.63) is 34.9 Å². The topological polar surface area (TPSA) is 96.9 Å². The first kappa shape index (κ1) is 15.2. The van der Waals surface area contributed by atoms with Crippen LogP contribution in [0.5, 0.6) is 0 Å². The largest absolute Gasteiger partial charge is 0.444 e. The lowest BCUT2D eigenvalue weighted by Gasteiger charge is -2.22. The monoisotopic (exact) mass is 291 g/mol. The van der Waals surface area contributed by atoms with Crippen LogP contribution >= 0.6 is 0 Å². The van der Waals surface area contributed by atoms with Crippen LogP contribution in [0.1, 0.15) is 49.9 Å². The summed E-state index contributed by atoms with van der Waals surface area (Å²) in [6.45, 7) is 5.50. The van der Waals surface area contributed by atoms with Gasteiger partial charge in [-0.15, -0.1) is 0 Å². The fourth-order valence-electron chi connectivity index (χ4n) is 2.43. The number of fused-ring (bicyclic) bond motifs is 1. The van der Waals surface area contributed by atoms with Gasteiger partial charge in [-0.2, -0.15) is 0 Å². The average molecular weight is 291 g/mol. The van der Waals surface area contributed by atoms with Crippen molar-refractivity contribution in [1.82, 2.24) is 5.32 Å². The molecular weight excluding hydrogens is 270 g/mol. The molecule has 114 valence electrons. The summed E-state index contributed by atoms with van der Waals surface area (Å²) in [6, 6.07) is 5.51. The van der Waals surface area contributed by atoms with Crippen molar-refractivity contribution in [3.63, 3.8) is 0 Å². The molecule has 1 aromatic carbocycles. The van der Waals surface area contributed by atoms with Crippen molar-refractivity contribution < 1.29 is 14.7 Å². The van der Waals surface area contributed by atoms with Crippen LogP contribution < -0.4 is 11.1 Å². The van der Waals surface area contributed by atoms with Gasteiger partial charge in [-0.1, -0.05) is 17.3 Å². The molecule has 0 heterocycles. The number of hydrogen-bond acceptors (Lipinski definition) is 4. The second kappa shape index (κ2) is 5.63. The molecule has 0 fully saturated rings. The molecule has 1 atom stereocenters. The quantitative estimate of drug-likeness (QED) is 0.337. The third-order valence-electron chi connectivity index (χ3n) is 3.32. The molecule has 6 heteroatoms. The molecule has 0 bridgehead atoms. The van der Waals surface area contributed by atoms with Crippen LogP contribution in [0.2, 0.25) is 0 Å². The number of alkyl carbamates (subject to hydrolysis) is 1. The summed E-state index contributed by atoms with van der Waals surface area (Å²) < 4.78 is 5.27. The standard InChI is InChI=1S/C15H21N3O3/c1-15(2,3)21-14(19)17-12-7-5-9-8-10(13(16)18-20)4-6-11(9)12/h4,6,8,12,20H,5,7H2,1-3H3,(H2,16,18)(H,17,19)/t12-/m0/s1. The minimum Gasteiger partial charge on any atom is -0.444 e. The van der Waals surface area contributed by atoms with Crippen LogP contribution in [0, 0.1) is 0 Å². The fraction of sp³-hybridized carbons (Fsp3) is 0.467. The predicted octanol–water partition coefficient (Wildman–Crippen LogP) is 2.29. The van der Waals surface area contributed by atoms with Gasteiger partial charge in [-0.25, -0.2) is 4.79 Å². The van der Waals surface area contributed by atoms with Crippen LogP contribution in [0.3, 0.4) is 0 Å². The summed E-state index contributed by atoms with van der Waals surface area (Å²) in [5, 5.41) is 14.6. The molecule has 1 aliphatic rings. The van der Waals surface area contributed by atoms with Crippen molar-refractivity contribution >= 4 is 11.9 Å². The maximum atomic E-state index is 11.8. The zero-order valence-corrected chi connectivity index (χ0v) is 12.5. The van der Waals surface area contributed by atoms with E-state index in [2.05, 4.69) is 10.5 Å². The van der Waals surface area contributed by atoms with Gasteiger partial charge in [0.2, 0.25) is 0 Å². The molecule has 2 rings (SSSR count). The number of oxime groups is 1. The van der Waals surface area contributed by atoms with Crippen molar-refractivity contribution in [2.75, 3.05) is 0 Å². The van der Waals surface area contributed by atoms with E-state index in [1.807, 2.05) is 32.9 Å². The summed E-state index contributed by atoms with van der Waals surface area (Å²) in [5.41, 5.74) is 7.89. The van der Waals surface area contributed by atoms with Gasteiger partial charge in [-0.05, 0) is 50.8 Å². The van der Waals surface area contributed by atoms with Gasteiger partial charge in [0, 0.05) is 5.56 Å². The Bertz CT molecular complexity index is 576. The number of hydrogen-bond donors (Lipinski definition) is 3. The average Bonchev–Trinajstić information content (AvgIpc) is 2.78. The minimum atomic E-state index is -0.512. The zero-order chi connectivity index (χ0) is 15.6. The van der Waals surface area contributed by atoms with Gasteiger partial charge >= 0.3 is 6.09 Å². The number of benzene rings is 1. The molecule has 1 aromatic rings. The molecular formula is C15H21N3O3. The first-order valence-electron chi connectivity index (χ1n) is 6.90. The molecule has 1 aliphatic carbocycles.